The first-order valence-electron chi connectivity index (χ1n) is 6.08. The Morgan fingerprint density at radius 1 is 1.41 bits per heavy atom. The predicted octanol–water partition coefficient (Wildman–Crippen LogP) is -1.24. The zero-order chi connectivity index (χ0) is 12.3. The van der Waals surface area contributed by atoms with Crippen molar-refractivity contribution in [3.05, 3.63) is 0 Å². The Hall–Kier alpha value is -1.14. The number of nitrogens with one attached hydrogen (secondary N) is 3. The average Bonchev–Trinajstić information content (AvgIpc) is 3.14. The summed E-state index contributed by atoms with van der Waals surface area (Å²) >= 11 is 0. The molecule has 0 aromatic rings. The number of ether oxygens (including phenoxy) is 1. The molecule has 0 bridgehead atoms. The second kappa shape index (κ2) is 5.46. The SMILES string of the molecule is CC(NC(=O)C1COCCN1)C(=O)NC1CC1. The van der Waals surface area contributed by atoms with Gasteiger partial charge in [-0.15, -0.1) is 0 Å². The minimum absolute atomic E-state index is 0.113. The Labute approximate surface area is 100 Å². The fourth-order valence-electron chi connectivity index (χ4n) is 1.67. The summed E-state index contributed by atoms with van der Waals surface area (Å²) in [6.07, 6.45) is 2.09. The van der Waals surface area contributed by atoms with Gasteiger partial charge in [0.15, 0.2) is 0 Å². The first-order chi connectivity index (χ1) is 8.16. The standard InChI is InChI=1S/C11H19N3O3/c1-7(10(15)14-8-2-3-8)13-11(16)9-6-17-5-4-12-9/h7-9,12H,2-6H2,1H3,(H,13,16)(H,14,15). The van der Waals surface area contributed by atoms with Crippen LogP contribution in [0, 0.1) is 0 Å². The third-order valence-electron chi connectivity index (χ3n) is 2.91. The van der Waals surface area contributed by atoms with Crippen molar-refractivity contribution in [2.24, 2.45) is 0 Å². The van der Waals surface area contributed by atoms with Gasteiger partial charge in [-0.05, 0) is 19.8 Å². The number of morpholine rings is 1. The second-order valence-corrected chi connectivity index (χ2v) is 4.59. The van der Waals surface area contributed by atoms with Crippen molar-refractivity contribution >= 4 is 11.8 Å². The Morgan fingerprint density at radius 2 is 2.18 bits per heavy atom. The lowest BCUT2D eigenvalue weighted by molar-refractivity contribution is -0.131. The third-order valence-corrected chi connectivity index (χ3v) is 2.91. The van der Waals surface area contributed by atoms with Gasteiger partial charge in [-0.1, -0.05) is 0 Å². The summed E-state index contributed by atoms with van der Waals surface area (Å²) in [4.78, 5) is 23.4. The number of rotatable bonds is 4. The van der Waals surface area contributed by atoms with Gasteiger partial charge in [0.25, 0.3) is 0 Å². The van der Waals surface area contributed by atoms with Crippen LogP contribution in [0.2, 0.25) is 0 Å². The van der Waals surface area contributed by atoms with Crippen LogP contribution >= 0.6 is 0 Å². The van der Waals surface area contributed by atoms with Gasteiger partial charge >= 0.3 is 0 Å². The number of hydrogen-bond acceptors (Lipinski definition) is 4. The minimum atomic E-state index is -0.494. The van der Waals surface area contributed by atoms with Crippen LogP contribution in [0.3, 0.4) is 0 Å². The molecule has 1 saturated carbocycles. The predicted molar refractivity (Wildman–Crippen MR) is 61.4 cm³/mol. The van der Waals surface area contributed by atoms with Crippen LogP contribution in [-0.4, -0.2) is 49.7 Å². The molecular weight excluding hydrogens is 222 g/mol. The van der Waals surface area contributed by atoms with Crippen LogP contribution in [-0.2, 0) is 14.3 Å². The summed E-state index contributed by atoms with van der Waals surface area (Å²) in [5.74, 6) is -0.291. The van der Waals surface area contributed by atoms with Crippen LogP contribution in [0.5, 0.6) is 0 Å². The van der Waals surface area contributed by atoms with Crippen LogP contribution in [0.1, 0.15) is 19.8 Å². The lowest BCUT2D eigenvalue weighted by atomic mass is 10.2. The highest BCUT2D eigenvalue weighted by Gasteiger charge is 2.28. The molecule has 2 atom stereocenters. The van der Waals surface area contributed by atoms with Gasteiger partial charge in [-0.2, -0.15) is 0 Å². The molecule has 2 rings (SSSR count). The van der Waals surface area contributed by atoms with Gasteiger partial charge in [-0.25, -0.2) is 0 Å². The Bertz CT molecular complexity index is 298. The molecule has 96 valence electrons. The summed E-state index contributed by atoms with van der Waals surface area (Å²) in [5.41, 5.74) is 0. The molecule has 17 heavy (non-hydrogen) atoms. The molecule has 1 aliphatic carbocycles. The van der Waals surface area contributed by atoms with E-state index in [4.69, 9.17) is 4.74 Å². The second-order valence-electron chi connectivity index (χ2n) is 4.59. The number of carbonyl (C=O) groups excluding carboxylic acids is 2. The molecule has 1 heterocycles. The lowest BCUT2D eigenvalue weighted by Gasteiger charge is -2.24. The highest BCUT2D eigenvalue weighted by atomic mass is 16.5. The molecule has 1 aliphatic heterocycles. The Balaban J connectivity index is 1.73. The van der Waals surface area contributed by atoms with E-state index in [1.54, 1.807) is 6.92 Å². The van der Waals surface area contributed by atoms with E-state index in [1.807, 2.05) is 0 Å². The van der Waals surface area contributed by atoms with E-state index in [0.717, 1.165) is 12.8 Å². The molecule has 2 unspecified atom stereocenters. The van der Waals surface area contributed by atoms with Crippen molar-refractivity contribution in [1.82, 2.24) is 16.0 Å². The molecule has 0 spiro atoms. The van der Waals surface area contributed by atoms with Gasteiger partial charge in [0.1, 0.15) is 12.1 Å². The van der Waals surface area contributed by atoms with E-state index < -0.39 is 6.04 Å². The van der Waals surface area contributed by atoms with Crippen LogP contribution in [0.25, 0.3) is 0 Å². The van der Waals surface area contributed by atoms with Gasteiger partial charge in [-0.3, -0.25) is 9.59 Å². The van der Waals surface area contributed by atoms with E-state index in [1.165, 1.54) is 0 Å². The fourth-order valence-corrected chi connectivity index (χ4v) is 1.67. The number of amides is 2. The minimum Gasteiger partial charge on any atom is -0.378 e. The monoisotopic (exact) mass is 241 g/mol. The van der Waals surface area contributed by atoms with E-state index >= 15 is 0 Å². The molecular formula is C11H19N3O3. The Kier molecular flexibility index (Phi) is 3.96. The molecule has 6 nitrogen and oxygen atoms in total. The van der Waals surface area contributed by atoms with Crippen LogP contribution in [0.4, 0.5) is 0 Å². The summed E-state index contributed by atoms with van der Waals surface area (Å²) < 4.78 is 5.20. The maximum atomic E-state index is 11.8. The molecule has 0 aromatic heterocycles. The lowest BCUT2D eigenvalue weighted by Crippen LogP contribution is -2.55. The zero-order valence-corrected chi connectivity index (χ0v) is 9.99. The third kappa shape index (κ3) is 3.67. The van der Waals surface area contributed by atoms with E-state index in [0.29, 0.717) is 25.8 Å². The van der Waals surface area contributed by atoms with E-state index in [9.17, 15) is 9.59 Å². The van der Waals surface area contributed by atoms with Gasteiger partial charge in [0.05, 0.1) is 13.2 Å². The molecule has 2 fully saturated rings. The molecule has 1 saturated heterocycles. The number of hydrogen-bond donors (Lipinski definition) is 3. The normalized spacial score (nSPS) is 26.1. The summed E-state index contributed by atoms with van der Waals surface area (Å²) in [6.45, 7) is 3.35. The quantitative estimate of drug-likeness (QED) is 0.575. The smallest absolute Gasteiger partial charge is 0.242 e. The van der Waals surface area contributed by atoms with Gasteiger partial charge < -0.3 is 20.7 Å². The van der Waals surface area contributed by atoms with Crippen LogP contribution in [0.15, 0.2) is 0 Å². The maximum Gasteiger partial charge on any atom is 0.242 e. The summed E-state index contributed by atoms with van der Waals surface area (Å²) in [7, 11) is 0. The van der Waals surface area contributed by atoms with Crippen molar-refractivity contribution in [3.8, 4) is 0 Å². The average molecular weight is 241 g/mol. The maximum absolute atomic E-state index is 11.8. The molecule has 3 N–H and O–H groups in total. The van der Waals surface area contributed by atoms with Crippen LogP contribution < -0.4 is 16.0 Å². The Morgan fingerprint density at radius 3 is 2.76 bits per heavy atom. The zero-order valence-electron chi connectivity index (χ0n) is 9.99. The molecule has 0 aromatic carbocycles. The molecule has 6 heteroatoms. The van der Waals surface area contributed by atoms with Gasteiger partial charge in [0, 0.05) is 12.6 Å². The van der Waals surface area contributed by atoms with E-state index in [2.05, 4.69) is 16.0 Å². The van der Waals surface area contributed by atoms with Gasteiger partial charge in [0.2, 0.25) is 11.8 Å². The van der Waals surface area contributed by atoms with Crippen molar-refractivity contribution in [2.75, 3.05) is 19.8 Å². The molecule has 2 amide bonds. The highest BCUT2D eigenvalue weighted by molar-refractivity contribution is 5.89. The van der Waals surface area contributed by atoms with Crippen molar-refractivity contribution in [3.63, 3.8) is 0 Å². The van der Waals surface area contributed by atoms with Crippen molar-refractivity contribution in [2.45, 2.75) is 37.9 Å². The largest absolute Gasteiger partial charge is 0.378 e. The summed E-state index contributed by atoms with van der Waals surface area (Å²) in [6, 6.07) is -0.523. The van der Waals surface area contributed by atoms with Crippen molar-refractivity contribution in [1.29, 1.82) is 0 Å². The first kappa shape index (κ1) is 12.3. The molecule has 2 aliphatic rings. The van der Waals surface area contributed by atoms with Crippen molar-refractivity contribution < 1.29 is 14.3 Å². The summed E-state index contributed by atoms with van der Waals surface area (Å²) in [5, 5.41) is 8.59. The topological polar surface area (TPSA) is 79.5 Å². The molecule has 0 radical (unpaired) electrons. The first-order valence-corrected chi connectivity index (χ1v) is 6.08. The fraction of sp³-hybridized carbons (Fsp3) is 0.818. The highest BCUT2D eigenvalue weighted by Crippen LogP contribution is 2.18. The number of carbonyl (C=O) groups is 2. The van der Waals surface area contributed by atoms with E-state index in [-0.39, 0.29) is 17.9 Å².